The van der Waals surface area contributed by atoms with Crippen molar-refractivity contribution < 1.29 is 8.42 Å². The summed E-state index contributed by atoms with van der Waals surface area (Å²) in [6.07, 6.45) is 8.17. The fourth-order valence-electron chi connectivity index (χ4n) is 2.64. The van der Waals surface area contributed by atoms with Crippen molar-refractivity contribution in [2.45, 2.75) is 42.5 Å². The van der Waals surface area contributed by atoms with Crippen LogP contribution in [0.15, 0.2) is 23.2 Å². The van der Waals surface area contributed by atoms with Gasteiger partial charge in [-0.25, -0.2) is 13.4 Å². The summed E-state index contributed by atoms with van der Waals surface area (Å²) >= 11 is 0. The molecular formula is C13H21N3O2S. The van der Waals surface area contributed by atoms with Crippen molar-refractivity contribution in [1.29, 1.82) is 0 Å². The zero-order valence-corrected chi connectivity index (χ0v) is 12.0. The van der Waals surface area contributed by atoms with Crippen molar-refractivity contribution in [3.05, 3.63) is 18.3 Å². The van der Waals surface area contributed by atoms with Gasteiger partial charge in [0.05, 0.1) is 5.54 Å². The number of hydrogen-bond donors (Lipinski definition) is 2. The number of hydrogen-bond acceptors (Lipinski definition) is 5. The molecule has 1 aliphatic carbocycles. The molecule has 0 bridgehead atoms. The molecule has 0 aromatic carbocycles. The molecule has 3 N–H and O–H groups in total. The summed E-state index contributed by atoms with van der Waals surface area (Å²) in [5.41, 5.74) is 5.69. The van der Waals surface area contributed by atoms with E-state index >= 15 is 0 Å². The van der Waals surface area contributed by atoms with Gasteiger partial charge in [0.1, 0.15) is 10.7 Å². The van der Waals surface area contributed by atoms with Crippen molar-refractivity contribution in [2.75, 3.05) is 18.1 Å². The van der Waals surface area contributed by atoms with Gasteiger partial charge in [0, 0.05) is 19.0 Å². The number of sulfone groups is 1. The zero-order chi connectivity index (χ0) is 13.9. The van der Waals surface area contributed by atoms with Crippen molar-refractivity contribution in [2.24, 2.45) is 5.73 Å². The highest BCUT2D eigenvalue weighted by Gasteiger charge is 2.32. The van der Waals surface area contributed by atoms with Gasteiger partial charge in [0.25, 0.3) is 0 Å². The highest BCUT2D eigenvalue weighted by atomic mass is 32.2. The minimum Gasteiger partial charge on any atom is -0.362 e. The van der Waals surface area contributed by atoms with Gasteiger partial charge in [-0.15, -0.1) is 0 Å². The van der Waals surface area contributed by atoms with Crippen LogP contribution < -0.4 is 11.1 Å². The molecule has 0 unspecified atom stereocenters. The lowest BCUT2D eigenvalue weighted by atomic mass is 9.81. The maximum absolute atomic E-state index is 11.8. The molecule has 6 heteroatoms. The lowest BCUT2D eigenvalue weighted by molar-refractivity contribution is 0.329. The molecule has 1 saturated carbocycles. The fraction of sp³-hybridized carbons (Fsp3) is 0.615. The summed E-state index contributed by atoms with van der Waals surface area (Å²) in [4.78, 5) is 4.43. The van der Waals surface area contributed by atoms with Gasteiger partial charge >= 0.3 is 0 Å². The Morgan fingerprint density at radius 2 is 2.05 bits per heavy atom. The Labute approximate surface area is 114 Å². The second-order valence-corrected chi connectivity index (χ2v) is 7.28. The average molecular weight is 283 g/mol. The number of anilines is 1. The third-order valence-electron chi connectivity index (χ3n) is 3.76. The summed E-state index contributed by atoms with van der Waals surface area (Å²) in [6, 6.07) is 3.22. The Balaban J connectivity index is 2.32. The highest BCUT2D eigenvalue weighted by molar-refractivity contribution is 7.90. The lowest BCUT2D eigenvalue weighted by Gasteiger charge is -2.37. The number of pyridine rings is 1. The predicted octanol–water partition coefficient (Wildman–Crippen LogP) is 1.56. The van der Waals surface area contributed by atoms with Gasteiger partial charge in [0.2, 0.25) is 0 Å². The van der Waals surface area contributed by atoms with Gasteiger partial charge in [-0.3, -0.25) is 0 Å². The Morgan fingerprint density at radius 1 is 1.37 bits per heavy atom. The first-order valence-electron chi connectivity index (χ1n) is 6.60. The SMILES string of the molecule is CS(=O)(=O)c1cccnc1NC1(CN)CCCCC1. The smallest absolute Gasteiger partial charge is 0.179 e. The minimum atomic E-state index is -3.29. The number of nitrogens with zero attached hydrogens (tertiary/aromatic N) is 1. The molecule has 1 aromatic heterocycles. The number of rotatable bonds is 4. The van der Waals surface area contributed by atoms with Crippen LogP contribution in [0.5, 0.6) is 0 Å². The van der Waals surface area contributed by atoms with Crippen LogP contribution in [0.25, 0.3) is 0 Å². The zero-order valence-electron chi connectivity index (χ0n) is 11.2. The highest BCUT2D eigenvalue weighted by Crippen LogP contribution is 2.32. The maximum atomic E-state index is 11.8. The summed E-state index contributed by atoms with van der Waals surface area (Å²) < 4.78 is 23.6. The largest absolute Gasteiger partial charge is 0.362 e. The molecule has 1 fully saturated rings. The number of nitrogens with two attached hydrogens (primary N) is 1. The lowest BCUT2D eigenvalue weighted by Crippen LogP contribution is -2.47. The Bertz CT molecular complexity index is 537. The van der Waals surface area contributed by atoms with Crippen LogP contribution in [0.3, 0.4) is 0 Å². The maximum Gasteiger partial charge on any atom is 0.179 e. The van der Waals surface area contributed by atoms with E-state index in [2.05, 4.69) is 10.3 Å². The summed E-state index contributed by atoms with van der Waals surface area (Å²) in [6.45, 7) is 0.493. The van der Waals surface area contributed by atoms with Crippen LogP contribution in [-0.4, -0.2) is 31.7 Å². The molecule has 2 rings (SSSR count). The van der Waals surface area contributed by atoms with E-state index in [1.807, 2.05) is 0 Å². The molecule has 1 heterocycles. The van der Waals surface area contributed by atoms with E-state index in [-0.39, 0.29) is 10.4 Å². The van der Waals surface area contributed by atoms with E-state index in [9.17, 15) is 8.42 Å². The minimum absolute atomic E-state index is 0.216. The molecule has 5 nitrogen and oxygen atoms in total. The second-order valence-electron chi connectivity index (χ2n) is 5.29. The number of aromatic nitrogens is 1. The topological polar surface area (TPSA) is 85.1 Å². The molecular weight excluding hydrogens is 262 g/mol. The van der Waals surface area contributed by atoms with Crippen molar-refractivity contribution >= 4 is 15.7 Å². The molecule has 1 aromatic rings. The van der Waals surface area contributed by atoms with E-state index in [0.29, 0.717) is 12.4 Å². The molecule has 19 heavy (non-hydrogen) atoms. The van der Waals surface area contributed by atoms with E-state index in [1.54, 1.807) is 18.3 Å². The molecule has 0 spiro atoms. The Morgan fingerprint density at radius 3 is 2.63 bits per heavy atom. The normalized spacial score (nSPS) is 19.1. The van der Waals surface area contributed by atoms with E-state index in [0.717, 1.165) is 25.7 Å². The molecule has 106 valence electrons. The van der Waals surface area contributed by atoms with Crippen molar-refractivity contribution in [3.63, 3.8) is 0 Å². The first kappa shape index (κ1) is 14.3. The van der Waals surface area contributed by atoms with Crippen LogP contribution in [-0.2, 0) is 9.84 Å². The monoisotopic (exact) mass is 283 g/mol. The first-order valence-corrected chi connectivity index (χ1v) is 8.49. The van der Waals surface area contributed by atoms with Gasteiger partial charge < -0.3 is 11.1 Å². The van der Waals surface area contributed by atoms with E-state index in [4.69, 9.17) is 5.73 Å². The first-order chi connectivity index (χ1) is 8.97. The predicted molar refractivity (Wildman–Crippen MR) is 75.8 cm³/mol. The Hall–Kier alpha value is -1.14. The van der Waals surface area contributed by atoms with Crippen LogP contribution in [0.1, 0.15) is 32.1 Å². The van der Waals surface area contributed by atoms with Gasteiger partial charge in [-0.05, 0) is 25.0 Å². The van der Waals surface area contributed by atoms with Crippen LogP contribution in [0, 0.1) is 0 Å². The van der Waals surface area contributed by atoms with Crippen molar-refractivity contribution in [3.8, 4) is 0 Å². The average Bonchev–Trinajstić information content (AvgIpc) is 2.39. The van der Waals surface area contributed by atoms with Gasteiger partial charge in [0.15, 0.2) is 9.84 Å². The quantitative estimate of drug-likeness (QED) is 0.876. The summed E-state index contributed by atoms with van der Waals surface area (Å²) in [7, 11) is -3.29. The molecule has 0 aliphatic heterocycles. The Kier molecular flexibility index (Phi) is 4.10. The third kappa shape index (κ3) is 3.25. The number of nitrogens with one attached hydrogen (secondary N) is 1. The summed E-state index contributed by atoms with van der Waals surface area (Å²) in [5.74, 6) is 0.428. The fourth-order valence-corrected chi connectivity index (χ4v) is 3.42. The molecule has 1 aliphatic rings. The molecule has 0 amide bonds. The van der Waals surface area contributed by atoms with Crippen LogP contribution >= 0.6 is 0 Å². The summed E-state index contributed by atoms with van der Waals surface area (Å²) in [5, 5.41) is 3.30. The molecule has 0 atom stereocenters. The van der Waals surface area contributed by atoms with Crippen LogP contribution in [0.2, 0.25) is 0 Å². The van der Waals surface area contributed by atoms with Gasteiger partial charge in [-0.2, -0.15) is 0 Å². The standard InChI is InChI=1S/C13H21N3O2S/c1-19(17,18)11-6-5-9-15-12(11)16-13(10-14)7-3-2-4-8-13/h5-6,9H,2-4,7-8,10,14H2,1H3,(H,15,16). The van der Waals surface area contributed by atoms with Crippen molar-refractivity contribution in [1.82, 2.24) is 4.98 Å². The molecule has 0 radical (unpaired) electrons. The third-order valence-corrected chi connectivity index (χ3v) is 4.88. The van der Waals surface area contributed by atoms with E-state index in [1.165, 1.54) is 12.7 Å². The molecule has 0 saturated heterocycles. The second kappa shape index (κ2) is 5.46. The van der Waals surface area contributed by atoms with E-state index < -0.39 is 9.84 Å². The van der Waals surface area contributed by atoms with Gasteiger partial charge in [-0.1, -0.05) is 19.3 Å². The van der Waals surface area contributed by atoms with Crippen LogP contribution in [0.4, 0.5) is 5.82 Å².